The van der Waals surface area contributed by atoms with Gasteiger partial charge in [-0.1, -0.05) is 36.4 Å². The zero-order valence-electron chi connectivity index (χ0n) is 12.4. The number of nitrogens with one attached hydrogen (secondary N) is 1. The Balaban J connectivity index is 1.52. The van der Waals surface area contributed by atoms with Gasteiger partial charge < -0.3 is 10.2 Å². The third kappa shape index (κ3) is 3.73. The van der Waals surface area contributed by atoms with E-state index in [2.05, 4.69) is 15.2 Å². The van der Waals surface area contributed by atoms with Crippen LogP contribution in [0.5, 0.6) is 0 Å². The maximum Gasteiger partial charge on any atom is 0.244 e. The highest BCUT2D eigenvalue weighted by Crippen LogP contribution is 2.17. The lowest BCUT2D eigenvalue weighted by atomic mass is 10.2. The molecule has 1 aliphatic rings. The predicted octanol–water partition coefficient (Wildman–Crippen LogP) is 2.49. The Kier molecular flexibility index (Phi) is 4.49. The molecule has 2 aromatic rings. The van der Waals surface area contributed by atoms with E-state index in [0.29, 0.717) is 0 Å². The Morgan fingerprint density at radius 3 is 2.77 bits per heavy atom. The number of nitrogens with zero attached hydrogens (tertiary/aromatic N) is 2. The Morgan fingerprint density at radius 2 is 2.00 bits per heavy atom. The average Bonchev–Trinajstić information content (AvgIpc) is 3.03. The first-order valence-electron chi connectivity index (χ1n) is 7.51. The molecule has 4 heteroatoms. The van der Waals surface area contributed by atoms with Crippen molar-refractivity contribution in [3.8, 4) is 0 Å². The minimum Gasteiger partial charge on any atom is -0.354 e. The molecular weight excluding hydrogens is 274 g/mol. The molecule has 1 aromatic carbocycles. The number of carbonyl (C=O) groups excluding carboxylic acids is 1. The van der Waals surface area contributed by atoms with Crippen molar-refractivity contribution in [2.24, 2.45) is 0 Å². The molecular formula is C18H19N3O. The molecule has 1 aliphatic heterocycles. The lowest BCUT2D eigenvalue weighted by Crippen LogP contribution is -2.36. The minimum atomic E-state index is -0.0447. The van der Waals surface area contributed by atoms with Crippen LogP contribution in [0.2, 0.25) is 0 Å². The molecule has 0 aliphatic carbocycles. The topological polar surface area (TPSA) is 45.2 Å². The summed E-state index contributed by atoms with van der Waals surface area (Å²) in [5, 5.41) is 3.05. The van der Waals surface area contributed by atoms with Gasteiger partial charge in [-0.15, -0.1) is 0 Å². The fraction of sp³-hybridized carbons (Fsp3) is 0.222. The van der Waals surface area contributed by atoms with Gasteiger partial charge in [-0.3, -0.25) is 4.79 Å². The van der Waals surface area contributed by atoms with E-state index in [1.54, 1.807) is 12.3 Å². The molecule has 0 bridgehead atoms. The van der Waals surface area contributed by atoms with E-state index in [9.17, 15) is 4.79 Å². The van der Waals surface area contributed by atoms with Crippen LogP contribution in [0.15, 0.2) is 60.8 Å². The third-order valence-corrected chi connectivity index (χ3v) is 3.73. The number of hydrogen-bond donors (Lipinski definition) is 1. The Labute approximate surface area is 130 Å². The van der Waals surface area contributed by atoms with Crippen LogP contribution in [0.4, 0.5) is 5.82 Å². The normalized spacial score (nSPS) is 17.8. The third-order valence-electron chi connectivity index (χ3n) is 3.73. The van der Waals surface area contributed by atoms with Gasteiger partial charge in [0.15, 0.2) is 0 Å². The van der Waals surface area contributed by atoms with Crippen LogP contribution in [0.3, 0.4) is 0 Å². The van der Waals surface area contributed by atoms with Gasteiger partial charge in [0.25, 0.3) is 0 Å². The second-order valence-corrected chi connectivity index (χ2v) is 5.37. The van der Waals surface area contributed by atoms with E-state index in [4.69, 9.17) is 0 Å². The first-order valence-corrected chi connectivity index (χ1v) is 7.51. The van der Waals surface area contributed by atoms with E-state index in [0.717, 1.165) is 30.9 Å². The summed E-state index contributed by atoms with van der Waals surface area (Å²) in [5.74, 6) is 0.927. The molecule has 1 amide bonds. The zero-order valence-corrected chi connectivity index (χ0v) is 12.4. The Bertz CT molecular complexity index is 640. The fourth-order valence-electron chi connectivity index (χ4n) is 2.61. The van der Waals surface area contributed by atoms with Crippen molar-refractivity contribution in [3.63, 3.8) is 0 Å². The van der Waals surface area contributed by atoms with Crippen molar-refractivity contribution in [1.29, 1.82) is 0 Å². The second kappa shape index (κ2) is 6.89. The summed E-state index contributed by atoms with van der Waals surface area (Å²) in [4.78, 5) is 18.5. The number of hydrogen-bond acceptors (Lipinski definition) is 3. The van der Waals surface area contributed by atoms with Gasteiger partial charge in [0.1, 0.15) is 5.82 Å². The summed E-state index contributed by atoms with van der Waals surface area (Å²) in [6.07, 6.45) is 6.17. The minimum absolute atomic E-state index is 0.0447. The number of rotatable bonds is 4. The monoisotopic (exact) mass is 293 g/mol. The molecule has 4 nitrogen and oxygen atoms in total. The number of carbonyl (C=O) groups is 1. The van der Waals surface area contributed by atoms with E-state index in [1.807, 2.05) is 54.6 Å². The van der Waals surface area contributed by atoms with Crippen LogP contribution < -0.4 is 10.2 Å². The highest BCUT2D eigenvalue weighted by Gasteiger charge is 2.23. The fourth-order valence-corrected chi connectivity index (χ4v) is 2.61. The smallest absolute Gasteiger partial charge is 0.244 e. The molecule has 1 saturated heterocycles. The summed E-state index contributed by atoms with van der Waals surface area (Å²) in [7, 11) is 0. The first-order chi connectivity index (χ1) is 10.8. The quantitative estimate of drug-likeness (QED) is 0.881. The van der Waals surface area contributed by atoms with Crippen molar-refractivity contribution in [3.05, 3.63) is 66.4 Å². The Hall–Kier alpha value is -2.62. The highest BCUT2D eigenvalue weighted by molar-refractivity contribution is 5.92. The predicted molar refractivity (Wildman–Crippen MR) is 88.5 cm³/mol. The zero-order chi connectivity index (χ0) is 15.2. The van der Waals surface area contributed by atoms with Gasteiger partial charge in [-0.25, -0.2) is 4.98 Å². The van der Waals surface area contributed by atoms with Crippen LogP contribution in [-0.2, 0) is 4.79 Å². The molecule has 22 heavy (non-hydrogen) atoms. The van der Waals surface area contributed by atoms with Crippen LogP contribution >= 0.6 is 0 Å². The number of amides is 1. The maximum absolute atomic E-state index is 12.0. The molecule has 1 aromatic heterocycles. The van der Waals surface area contributed by atoms with Crippen molar-refractivity contribution < 1.29 is 4.79 Å². The maximum atomic E-state index is 12.0. The summed E-state index contributed by atoms with van der Waals surface area (Å²) in [6, 6.07) is 15.9. The van der Waals surface area contributed by atoms with Crippen LogP contribution in [-0.4, -0.2) is 30.0 Å². The largest absolute Gasteiger partial charge is 0.354 e. The molecule has 0 radical (unpaired) electrons. The van der Waals surface area contributed by atoms with Crippen molar-refractivity contribution in [1.82, 2.24) is 10.3 Å². The number of benzene rings is 1. The van der Waals surface area contributed by atoms with Crippen molar-refractivity contribution >= 4 is 17.8 Å². The van der Waals surface area contributed by atoms with Gasteiger partial charge >= 0.3 is 0 Å². The Morgan fingerprint density at radius 1 is 1.18 bits per heavy atom. The summed E-state index contributed by atoms with van der Waals surface area (Å²) >= 11 is 0. The summed E-state index contributed by atoms with van der Waals surface area (Å²) in [6.45, 7) is 1.73. The standard InChI is InChI=1S/C18H19N3O/c22-18(10-9-15-6-2-1-3-7-15)20-16-11-13-21(14-16)17-8-4-5-12-19-17/h1-10,12,16H,11,13-14H2,(H,20,22). The summed E-state index contributed by atoms with van der Waals surface area (Å²) in [5.41, 5.74) is 1.03. The van der Waals surface area contributed by atoms with Crippen LogP contribution in [0, 0.1) is 0 Å². The van der Waals surface area contributed by atoms with Crippen LogP contribution in [0.25, 0.3) is 6.08 Å². The molecule has 2 heterocycles. The number of pyridine rings is 1. The van der Waals surface area contributed by atoms with Gasteiger partial charge in [0.05, 0.1) is 0 Å². The molecule has 0 spiro atoms. The van der Waals surface area contributed by atoms with E-state index < -0.39 is 0 Å². The van der Waals surface area contributed by atoms with Gasteiger partial charge in [0.2, 0.25) is 5.91 Å². The van der Waals surface area contributed by atoms with Gasteiger partial charge in [0, 0.05) is 31.4 Å². The second-order valence-electron chi connectivity index (χ2n) is 5.37. The molecule has 1 unspecified atom stereocenters. The van der Waals surface area contributed by atoms with Gasteiger partial charge in [-0.2, -0.15) is 0 Å². The van der Waals surface area contributed by atoms with Crippen LogP contribution in [0.1, 0.15) is 12.0 Å². The molecule has 1 N–H and O–H groups in total. The number of anilines is 1. The summed E-state index contributed by atoms with van der Waals surface area (Å²) < 4.78 is 0. The molecule has 1 fully saturated rings. The molecule has 0 saturated carbocycles. The first kappa shape index (κ1) is 14.3. The van der Waals surface area contributed by atoms with Gasteiger partial charge in [-0.05, 0) is 30.2 Å². The van der Waals surface area contributed by atoms with E-state index in [-0.39, 0.29) is 11.9 Å². The lowest BCUT2D eigenvalue weighted by molar-refractivity contribution is -0.117. The number of aromatic nitrogens is 1. The SMILES string of the molecule is O=C(C=Cc1ccccc1)NC1CCN(c2ccccn2)C1. The molecule has 3 rings (SSSR count). The van der Waals surface area contributed by atoms with E-state index in [1.165, 1.54) is 0 Å². The average molecular weight is 293 g/mol. The lowest BCUT2D eigenvalue weighted by Gasteiger charge is -2.17. The molecule has 1 atom stereocenters. The molecule has 112 valence electrons. The van der Waals surface area contributed by atoms with Crippen molar-refractivity contribution in [2.45, 2.75) is 12.5 Å². The van der Waals surface area contributed by atoms with Crippen molar-refractivity contribution in [2.75, 3.05) is 18.0 Å². The highest BCUT2D eigenvalue weighted by atomic mass is 16.1. The van der Waals surface area contributed by atoms with E-state index >= 15 is 0 Å².